The Balaban J connectivity index is 2.09. The van der Waals surface area contributed by atoms with Crippen molar-refractivity contribution in [1.82, 2.24) is 10.3 Å². The summed E-state index contributed by atoms with van der Waals surface area (Å²) >= 11 is 0. The van der Waals surface area contributed by atoms with Gasteiger partial charge < -0.3 is 15.2 Å². The lowest BCUT2D eigenvalue weighted by Crippen LogP contribution is -2.27. The normalized spacial score (nSPS) is 11.8. The van der Waals surface area contributed by atoms with Crippen LogP contribution in [0.1, 0.15) is 39.2 Å². The molecule has 0 fully saturated rings. The van der Waals surface area contributed by atoms with Crippen LogP contribution in [0.4, 0.5) is 8.78 Å². The summed E-state index contributed by atoms with van der Waals surface area (Å²) < 4.78 is 29.4. The van der Waals surface area contributed by atoms with Crippen LogP contribution in [-0.2, 0) is 0 Å². The lowest BCUT2D eigenvalue weighted by molar-refractivity contribution is 0.0696. The minimum atomic E-state index is -2.68. The second-order valence-electron chi connectivity index (χ2n) is 5.18. The van der Waals surface area contributed by atoms with Gasteiger partial charge in [-0.05, 0) is 36.8 Å². The van der Waals surface area contributed by atoms with Gasteiger partial charge in [-0.25, -0.2) is 18.6 Å². The first-order chi connectivity index (χ1) is 11.9. The number of pyridine rings is 1. The topological polar surface area (TPSA) is 88.5 Å². The molecule has 1 aromatic heterocycles. The number of alkyl halides is 2. The van der Waals surface area contributed by atoms with Gasteiger partial charge in [0.15, 0.2) is 6.61 Å². The monoisotopic (exact) mass is 350 g/mol. The molecule has 1 heterocycles. The number of aromatic carboxylic acids is 1. The van der Waals surface area contributed by atoms with Gasteiger partial charge in [-0.3, -0.25) is 4.79 Å². The number of amides is 1. The maximum atomic E-state index is 12.4. The number of nitrogens with zero attached hydrogens (tertiary/aromatic N) is 1. The van der Waals surface area contributed by atoms with Crippen molar-refractivity contribution < 1.29 is 28.2 Å². The highest BCUT2D eigenvalue weighted by molar-refractivity contribution is 5.96. The molecular weight excluding hydrogens is 334 g/mol. The summed E-state index contributed by atoms with van der Waals surface area (Å²) in [5.41, 5.74) is 0.867. The predicted octanol–water partition coefficient (Wildman–Crippen LogP) is 2.91. The minimum absolute atomic E-state index is 0.0390. The fourth-order valence-corrected chi connectivity index (χ4v) is 2.09. The molecule has 2 aromatic rings. The number of carboxylic acids is 1. The molecule has 0 aliphatic rings. The number of rotatable bonds is 7. The van der Waals surface area contributed by atoms with Crippen LogP contribution >= 0.6 is 0 Å². The SMILES string of the molecule is C[C@@H](NC(=O)c1cccnc1OCC(F)F)c1ccc(C(=O)O)cc1. The Bertz CT molecular complexity index is 751. The fourth-order valence-electron chi connectivity index (χ4n) is 2.09. The van der Waals surface area contributed by atoms with Crippen molar-refractivity contribution in [3.63, 3.8) is 0 Å². The lowest BCUT2D eigenvalue weighted by atomic mass is 10.1. The predicted molar refractivity (Wildman–Crippen MR) is 85.0 cm³/mol. The summed E-state index contributed by atoms with van der Waals surface area (Å²) in [6, 6.07) is 8.53. The highest BCUT2D eigenvalue weighted by Gasteiger charge is 2.18. The van der Waals surface area contributed by atoms with Gasteiger partial charge in [0.05, 0.1) is 11.6 Å². The molecule has 0 spiro atoms. The average molecular weight is 350 g/mol. The number of carbonyl (C=O) groups is 2. The van der Waals surface area contributed by atoms with E-state index in [1.165, 1.54) is 30.5 Å². The molecule has 2 rings (SSSR count). The van der Waals surface area contributed by atoms with Crippen molar-refractivity contribution in [2.45, 2.75) is 19.4 Å². The van der Waals surface area contributed by atoms with E-state index in [9.17, 15) is 18.4 Å². The smallest absolute Gasteiger partial charge is 0.335 e. The zero-order valence-corrected chi connectivity index (χ0v) is 13.3. The van der Waals surface area contributed by atoms with Crippen molar-refractivity contribution in [2.75, 3.05) is 6.61 Å². The molecule has 1 atom stereocenters. The Hall–Kier alpha value is -3.03. The van der Waals surface area contributed by atoms with E-state index in [0.717, 1.165) is 0 Å². The van der Waals surface area contributed by atoms with Gasteiger partial charge in [0, 0.05) is 6.20 Å². The molecule has 0 aliphatic carbocycles. The molecule has 0 aliphatic heterocycles. The van der Waals surface area contributed by atoms with Crippen LogP contribution in [0.2, 0.25) is 0 Å². The number of carboxylic acid groups (broad SMARTS) is 1. The van der Waals surface area contributed by atoms with Gasteiger partial charge >= 0.3 is 5.97 Å². The van der Waals surface area contributed by atoms with Crippen molar-refractivity contribution in [3.05, 3.63) is 59.3 Å². The van der Waals surface area contributed by atoms with E-state index in [2.05, 4.69) is 10.3 Å². The molecule has 1 amide bonds. The summed E-state index contributed by atoms with van der Waals surface area (Å²) in [6.45, 7) is 0.854. The first-order valence-corrected chi connectivity index (χ1v) is 7.38. The Morgan fingerprint density at radius 3 is 2.52 bits per heavy atom. The third-order valence-corrected chi connectivity index (χ3v) is 3.37. The number of hydrogen-bond acceptors (Lipinski definition) is 4. The number of halogens is 2. The molecule has 1 aromatic carbocycles. The van der Waals surface area contributed by atoms with E-state index in [-0.39, 0.29) is 17.0 Å². The fraction of sp³-hybridized carbons (Fsp3) is 0.235. The number of hydrogen-bond donors (Lipinski definition) is 2. The number of carbonyl (C=O) groups excluding carboxylic acids is 1. The van der Waals surface area contributed by atoms with Crippen molar-refractivity contribution in [2.24, 2.45) is 0 Å². The molecular formula is C17H16F2N2O4. The Kier molecular flexibility index (Phi) is 5.99. The average Bonchev–Trinajstić information content (AvgIpc) is 2.60. The van der Waals surface area contributed by atoms with Gasteiger partial charge in [-0.1, -0.05) is 12.1 Å². The Morgan fingerprint density at radius 2 is 1.92 bits per heavy atom. The molecule has 0 bridgehead atoms. The van der Waals surface area contributed by atoms with Crippen LogP contribution in [0.25, 0.3) is 0 Å². The van der Waals surface area contributed by atoms with Crippen LogP contribution in [0, 0.1) is 0 Å². The molecule has 2 N–H and O–H groups in total. The maximum Gasteiger partial charge on any atom is 0.335 e. The first kappa shape index (κ1) is 18.3. The minimum Gasteiger partial charge on any atom is -0.478 e. The summed E-state index contributed by atoms with van der Waals surface area (Å²) in [4.78, 5) is 27.0. The van der Waals surface area contributed by atoms with E-state index in [4.69, 9.17) is 9.84 Å². The van der Waals surface area contributed by atoms with Crippen molar-refractivity contribution >= 4 is 11.9 Å². The third-order valence-electron chi connectivity index (χ3n) is 3.37. The largest absolute Gasteiger partial charge is 0.478 e. The van der Waals surface area contributed by atoms with Crippen LogP contribution in [-0.4, -0.2) is 35.0 Å². The van der Waals surface area contributed by atoms with Gasteiger partial charge in [-0.15, -0.1) is 0 Å². The van der Waals surface area contributed by atoms with E-state index >= 15 is 0 Å². The quantitative estimate of drug-likeness (QED) is 0.801. The van der Waals surface area contributed by atoms with E-state index < -0.39 is 31.0 Å². The molecule has 8 heteroatoms. The Morgan fingerprint density at radius 1 is 1.24 bits per heavy atom. The summed E-state index contributed by atoms with van der Waals surface area (Å²) in [5, 5.41) is 11.6. The highest BCUT2D eigenvalue weighted by Crippen LogP contribution is 2.18. The third kappa shape index (κ3) is 4.97. The van der Waals surface area contributed by atoms with E-state index in [0.29, 0.717) is 5.56 Å². The van der Waals surface area contributed by atoms with Crippen LogP contribution < -0.4 is 10.1 Å². The van der Waals surface area contributed by atoms with Crippen molar-refractivity contribution in [1.29, 1.82) is 0 Å². The van der Waals surface area contributed by atoms with E-state index in [1.54, 1.807) is 19.1 Å². The summed E-state index contributed by atoms with van der Waals surface area (Å²) in [6.07, 6.45) is -1.34. The lowest BCUT2D eigenvalue weighted by Gasteiger charge is -2.16. The van der Waals surface area contributed by atoms with Gasteiger partial charge in [0.2, 0.25) is 5.88 Å². The Labute approximate surface area is 142 Å². The first-order valence-electron chi connectivity index (χ1n) is 7.38. The maximum absolute atomic E-state index is 12.4. The second kappa shape index (κ2) is 8.18. The summed E-state index contributed by atoms with van der Waals surface area (Å²) in [5.74, 6) is -1.75. The molecule has 6 nitrogen and oxygen atoms in total. The molecule has 132 valence electrons. The molecule has 0 saturated carbocycles. The molecule has 25 heavy (non-hydrogen) atoms. The van der Waals surface area contributed by atoms with Gasteiger partial charge in [0.1, 0.15) is 5.56 Å². The highest BCUT2D eigenvalue weighted by atomic mass is 19.3. The van der Waals surface area contributed by atoms with Crippen LogP contribution in [0.3, 0.4) is 0 Å². The van der Waals surface area contributed by atoms with Crippen LogP contribution in [0.15, 0.2) is 42.6 Å². The zero-order valence-electron chi connectivity index (χ0n) is 13.3. The zero-order chi connectivity index (χ0) is 18.4. The number of aromatic nitrogens is 1. The van der Waals surface area contributed by atoms with Gasteiger partial charge in [-0.2, -0.15) is 0 Å². The standard InChI is InChI=1S/C17H16F2N2O4/c1-10(11-4-6-12(7-5-11)17(23)24)21-15(22)13-3-2-8-20-16(13)25-9-14(18)19/h2-8,10,14H,9H2,1H3,(H,21,22)(H,23,24)/t10-/m1/s1. The number of nitrogens with one attached hydrogen (secondary N) is 1. The molecule has 0 radical (unpaired) electrons. The number of ether oxygens (including phenoxy) is 1. The van der Waals surface area contributed by atoms with Crippen LogP contribution in [0.5, 0.6) is 5.88 Å². The number of benzene rings is 1. The van der Waals surface area contributed by atoms with E-state index in [1.807, 2.05) is 0 Å². The molecule has 0 unspecified atom stereocenters. The van der Waals surface area contributed by atoms with Gasteiger partial charge in [0.25, 0.3) is 12.3 Å². The van der Waals surface area contributed by atoms with Crippen molar-refractivity contribution in [3.8, 4) is 5.88 Å². The summed E-state index contributed by atoms with van der Waals surface area (Å²) in [7, 11) is 0. The second-order valence-corrected chi connectivity index (χ2v) is 5.18. The molecule has 0 saturated heterocycles.